The summed E-state index contributed by atoms with van der Waals surface area (Å²) in [7, 11) is 1.66. The van der Waals surface area contributed by atoms with Crippen LogP contribution in [0.3, 0.4) is 0 Å². The summed E-state index contributed by atoms with van der Waals surface area (Å²) >= 11 is 0. The molecule has 152 valence electrons. The van der Waals surface area contributed by atoms with Gasteiger partial charge < -0.3 is 15.4 Å². The average molecular weight is 407 g/mol. The molecule has 27 heavy (non-hydrogen) atoms. The molecule has 1 amide bonds. The van der Waals surface area contributed by atoms with Crippen LogP contribution in [-0.2, 0) is 10.3 Å². The highest BCUT2D eigenvalue weighted by Crippen LogP contribution is 2.51. The van der Waals surface area contributed by atoms with Crippen molar-refractivity contribution in [3.05, 3.63) is 35.4 Å². The summed E-state index contributed by atoms with van der Waals surface area (Å²) in [6.45, 7) is 1.17. The minimum atomic E-state index is -4.14. The van der Waals surface area contributed by atoms with E-state index >= 15 is 0 Å². The fourth-order valence-electron chi connectivity index (χ4n) is 4.83. The number of rotatable bonds is 5. The van der Waals surface area contributed by atoms with E-state index in [4.69, 9.17) is 10.5 Å². The normalized spacial score (nSPS) is 28.4. The van der Waals surface area contributed by atoms with E-state index in [-0.39, 0.29) is 30.8 Å². The number of likely N-dealkylation sites (tertiary alicyclic amines) is 1. The van der Waals surface area contributed by atoms with E-state index in [2.05, 4.69) is 0 Å². The first-order chi connectivity index (χ1) is 12.3. The van der Waals surface area contributed by atoms with E-state index < -0.39 is 24.1 Å². The molecule has 1 aliphatic heterocycles. The highest BCUT2D eigenvalue weighted by Gasteiger charge is 2.53. The zero-order valence-corrected chi connectivity index (χ0v) is 16.1. The lowest BCUT2D eigenvalue weighted by Gasteiger charge is -2.55. The van der Waals surface area contributed by atoms with Gasteiger partial charge in [-0.2, -0.15) is 13.2 Å². The van der Waals surface area contributed by atoms with Gasteiger partial charge in [-0.1, -0.05) is 18.6 Å². The predicted octanol–water partition coefficient (Wildman–Crippen LogP) is 3.73. The Hall–Kier alpha value is -1.31. The molecule has 0 spiro atoms. The number of nitrogens with two attached hydrogens (primary N) is 1. The number of alkyl halides is 3. The van der Waals surface area contributed by atoms with E-state index in [1.165, 1.54) is 0 Å². The van der Waals surface area contributed by atoms with Gasteiger partial charge in [-0.15, -0.1) is 12.4 Å². The Balaban J connectivity index is 0.00000261. The van der Waals surface area contributed by atoms with Crippen LogP contribution in [0.25, 0.3) is 0 Å². The molecule has 1 saturated heterocycles. The van der Waals surface area contributed by atoms with Crippen molar-refractivity contribution in [3.8, 4) is 0 Å². The monoisotopic (exact) mass is 406 g/mol. The topological polar surface area (TPSA) is 55.6 Å². The number of hydrogen-bond donors (Lipinski definition) is 1. The van der Waals surface area contributed by atoms with Gasteiger partial charge in [-0.05, 0) is 30.5 Å². The molecule has 1 saturated carbocycles. The SMILES string of the molecule is COC1(c2cccc(C(N)=O)c2)C2CCCC1CN(CCC(F)(F)F)C2.Cl. The number of methoxy groups -OCH3 is 1. The lowest BCUT2D eigenvalue weighted by Crippen LogP contribution is -2.59. The van der Waals surface area contributed by atoms with Crippen LogP contribution >= 0.6 is 12.4 Å². The summed E-state index contributed by atoms with van der Waals surface area (Å²) in [6.07, 6.45) is -2.09. The fraction of sp³-hybridized carbons (Fsp3) is 0.632. The molecule has 2 bridgehead atoms. The average Bonchev–Trinajstić information content (AvgIpc) is 2.58. The molecule has 2 atom stereocenters. The van der Waals surface area contributed by atoms with Crippen LogP contribution in [0, 0.1) is 11.8 Å². The number of carbonyl (C=O) groups excluding carboxylic acids is 1. The van der Waals surface area contributed by atoms with Gasteiger partial charge in [-0.25, -0.2) is 0 Å². The first-order valence-corrected chi connectivity index (χ1v) is 9.01. The molecule has 2 fully saturated rings. The highest BCUT2D eigenvalue weighted by molar-refractivity contribution is 5.92. The van der Waals surface area contributed by atoms with Gasteiger partial charge >= 0.3 is 6.18 Å². The van der Waals surface area contributed by atoms with Crippen LogP contribution < -0.4 is 5.73 Å². The maximum atomic E-state index is 12.6. The predicted molar refractivity (Wildman–Crippen MR) is 98.8 cm³/mol. The van der Waals surface area contributed by atoms with Gasteiger partial charge in [0.25, 0.3) is 0 Å². The number of carbonyl (C=O) groups is 1. The molecule has 4 nitrogen and oxygen atoms in total. The Labute approximate surface area is 163 Å². The number of benzene rings is 1. The molecule has 1 aromatic carbocycles. The standard InChI is InChI=1S/C19H25F3N2O2.ClH/c1-26-19(14-5-2-4-13(10-14)17(23)25)15-6-3-7-16(19)12-24(11-15)9-8-18(20,21)22;/h2,4-5,10,15-16H,3,6-9,11-12H2,1H3,(H2,23,25);1H. The van der Waals surface area contributed by atoms with Gasteiger partial charge in [0.2, 0.25) is 5.91 Å². The zero-order chi connectivity index (χ0) is 18.9. The molecule has 2 N–H and O–H groups in total. The van der Waals surface area contributed by atoms with Gasteiger partial charge in [-0.3, -0.25) is 4.79 Å². The van der Waals surface area contributed by atoms with Crippen molar-refractivity contribution < 1.29 is 22.7 Å². The number of amides is 1. The third kappa shape index (κ3) is 4.41. The number of ether oxygens (including phenoxy) is 1. The van der Waals surface area contributed by atoms with E-state index in [0.717, 1.165) is 24.8 Å². The lowest BCUT2D eigenvalue weighted by atomic mass is 9.62. The molecule has 2 unspecified atom stereocenters. The van der Waals surface area contributed by atoms with E-state index in [1.807, 2.05) is 11.0 Å². The van der Waals surface area contributed by atoms with E-state index in [1.54, 1.807) is 25.3 Å². The van der Waals surface area contributed by atoms with Crippen molar-refractivity contribution >= 4 is 18.3 Å². The second kappa shape index (κ2) is 8.37. The minimum Gasteiger partial charge on any atom is -0.373 e. The second-order valence-electron chi connectivity index (χ2n) is 7.39. The largest absolute Gasteiger partial charge is 0.390 e. The number of halogens is 4. The number of piperidine rings is 1. The van der Waals surface area contributed by atoms with Gasteiger partial charge in [0, 0.05) is 44.1 Å². The zero-order valence-electron chi connectivity index (χ0n) is 15.3. The third-order valence-corrected chi connectivity index (χ3v) is 5.92. The van der Waals surface area contributed by atoms with Crippen molar-refractivity contribution in [3.63, 3.8) is 0 Å². The summed E-state index contributed by atoms with van der Waals surface area (Å²) in [4.78, 5) is 13.5. The second-order valence-corrected chi connectivity index (χ2v) is 7.39. The summed E-state index contributed by atoms with van der Waals surface area (Å²) in [5.41, 5.74) is 6.18. The van der Waals surface area contributed by atoms with Gasteiger partial charge in [0.15, 0.2) is 0 Å². The maximum absolute atomic E-state index is 12.6. The summed E-state index contributed by atoms with van der Waals surface area (Å²) < 4.78 is 43.9. The Bertz CT molecular complexity index is 655. The van der Waals surface area contributed by atoms with Crippen molar-refractivity contribution in [1.29, 1.82) is 0 Å². The fourth-order valence-corrected chi connectivity index (χ4v) is 4.83. The van der Waals surface area contributed by atoms with E-state index in [0.29, 0.717) is 18.7 Å². The molecule has 1 aromatic rings. The molecular weight excluding hydrogens is 381 g/mol. The first kappa shape index (κ1) is 22.0. The van der Waals surface area contributed by atoms with Crippen molar-refractivity contribution in [1.82, 2.24) is 4.90 Å². The highest BCUT2D eigenvalue weighted by atomic mass is 35.5. The van der Waals surface area contributed by atoms with Crippen LogP contribution in [-0.4, -0.2) is 43.7 Å². The molecular formula is C19H26ClF3N2O2. The molecule has 2 aliphatic rings. The molecule has 8 heteroatoms. The number of hydrogen-bond acceptors (Lipinski definition) is 3. The number of primary amides is 1. The lowest BCUT2D eigenvalue weighted by molar-refractivity contribution is -0.177. The van der Waals surface area contributed by atoms with Gasteiger partial charge in [0.05, 0.1) is 6.42 Å². The number of fused-ring (bicyclic) bond motifs is 2. The summed E-state index contributed by atoms with van der Waals surface area (Å²) in [6, 6.07) is 7.18. The molecule has 1 aliphatic carbocycles. The van der Waals surface area contributed by atoms with Crippen LogP contribution in [0.15, 0.2) is 24.3 Å². The summed E-state index contributed by atoms with van der Waals surface area (Å²) in [5.74, 6) is -0.307. The van der Waals surface area contributed by atoms with Crippen LogP contribution in [0.5, 0.6) is 0 Å². The Morgan fingerprint density at radius 1 is 1.30 bits per heavy atom. The minimum absolute atomic E-state index is 0. The van der Waals surface area contributed by atoms with Crippen LogP contribution in [0.2, 0.25) is 0 Å². The maximum Gasteiger partial charge on any atom is 0.390 e. The van der Waals surface area contributed by atoms with Crippen molar-refractivity contribution in [2.75, 3.05) is 26.7 Å². The quantitative estimate of drug-likeness (QED) is 0.810. The molecule has 0 radical (unpaired) electrons. The third-order valence-electron chi connectivity index (χ3n) is 5.92. The van der Waals surface area contributed by atoms with Crippen molar-refractivity contribution in [2.24, 2.45) is 17.6 Å². The molecule has 3 rings (SSSR count). The van der Waals surface area contributed by atoms with Gasteiger partial charge in [0.1, 0.15) is 5.60 Å². The first-order valence-electron chi connectivity index (χ1n) is 9.01. The Morgan fingerprint density at radius 3 is 2.44 bits per heavy atom. The smallest absolute Gasteiger partial charge is 0.373 e. The Morgan fingerprint density at radius 2 is 1.93 bits per heavy atom. The van der Waals surface area contributed by atoms with Crippen LogP contribution in [0.1, 0.15) is 41.6 Å². The number of nitrogens with zero attached hydrogens (tertiary/aromatic N) is 1. The van der Waals surface area contributed by atoms with E-state index in [9.17, 15) is 18.0 Å². The van der Waals surface area contributed by atoms with Crippen LogP contribution in [0.4, 0.5) is 13.2 Å². The Kier molecular flexibility index (Phi) is 6.81. The molecule has 1 heterocycles. The van der Waals surface area contributed by atoms with Crippen molar-refractivity contribution in [2.45, 2.75) is 37.5 Å². The summed E-state index contributed by atoms with van der Waals surface area (Å²) in [5, 5.41) is 0. The molecule has 0 aromatic heterocycles.